The van der Waals surface area contributed by atoms with Crippen molar-refractivity contribution < 1.29 is 32.2 Å². The van der Waals surface area contributed by atoms with Gasteiger partial charge < -0.3 is 18.8 Å². The smallest absolute Gasteiger partial charge is 0.337 e. The summed E-state index contributed by atoms with van der Waals surface area (Å²) in [5.74, 6) is 3.07. The maximum atomic E-state index is 14.4. The maximum Gasteiger partial charge on any atom is 0.337 e. The topological polar surface area (TPSA) is 99.3 Å². The number of nitrogens with zero attached hydrogens (tertiary/aromatic N) is 4. The highest BCUT2D eigenvalue weighted by Crippen LogP contribution is 2.42. The van der Waals surface area contributed by atoms with Crippen molar-refractivity contribution >= 4 is 17.0 Å². The van der Waals surface area contributed by atoms with Gasteiger partial charge in [0.1, 0.15) is 18.2 Å². The van der Waals surface area contributed by atoms with Gasteiger partial charge in [0.25, 0.3) is 5.92 Å². The number of imidazole rings is 1. The van der Waals surface area contributed by atoms with Crippen LogP contribution in [-0.4, -0.2) is 47.3 Å². The van der Waals surface area contributed by atoms with E-state index < -0.39 is 23.6 Å². The van der Waals surface area contributed by atoms with Crippen molar-refractivity contribution in [3.63, 3.8) is 0 Å². The summed E-state index contributed by atoms with van der Waals surface area (Å²) < 4.78 is 59.6. The molecule has 49 heavy (non-hydrogen) atoms. The minimum Gasteiger partial charge on any atom is -0.473 e. The number of benzene rings is 3. The third kappa shape index (κ3) is 7.58. The second-order valence-electron chi connectivity index (χ2n) is 11.7. The SMILES string of the molecule is COCCn1c(Cc2ccc(-c3cccc(OCc4ccc(C#N)cc4F)n3)cc2C#CC2CC(F)(F)C2)nc2ccc(C(=O)OC)cc21. The Balaban J connectivity index is 1.32. The monoisotopic (exact) mass is 664 g/mol. The number of rotatable bonds is 10. The zero-order chi connectivity index (χ0) is 34.5. The van der Waals surface area contributed by atoms with Crippen LogP contribution in [0.1, 0.15) is 51.3 Å². The fourth-order valence-electron chi connectivity index (χ4n) is 5.65. The number of hydrogen-bond donors (Lipinski definition) is 0. The molecule has 1 aliphatic rings. The van der Waals surface area contributed by atoms with E-state index in [1.165, 1.54) is 19.2 Å². The number of hydrogen-bond acceptors (Lipinski definition) is 7. The fraction of sp³-hybridized carbons (Fsp3) is 0.263. The van der Waals surface area contributed by atoms with Crippen LogP contribution in [-0.2, 0) is 29.0 Å². The van der Waals surface area contributed by atoms with E-state index in [2.05, 4.69) is 16.8 Å². The second-order valence-corrected chi connectivity index (χ2v) is 11.7. The molecule has 2 heterocycles. The Morgan fingerprint density at radius 1 is 1.02 bits per heavy atom. The Morgan fingerprint density at radius 3 is 2.57 bits per heavy atom. The molecule has 0 bridgehead atoms. The van der Waals surface area contributed by atoms with Crippen LogP contribution in [0.5, 0.6) is 5.88 Å². The van der Waals surface area contributed by atoms with Crippen LogP contribution in [0.2, 0.25) is 0 Å². The minimum atomic E-state index is -2.69. The zero-order valence-electron chi connectivity index (χ0n) is 26.8. The van der Waals surface area contributed by atoms with Crippen LogP contribution in [0.4, 0.5) is 13.2 Å². The standard InChI is InChI=1S/C38H31F3N4O4/c1-47-15-14-45-34-18-29(37(46)48-2)12-13-33(34)43-35(45)19-27-10-11-28(17-26(27)8-7-25-20-38(40,41)21-25)32-4-3-5-36(44-32)49-23-30-9-6-24(22-42)16-31(30)39/h3-6,9-13,16-18,25H,14-15,19-21,23H2,1-2H3. The summed E-state index contributed by atoms with van der Waals surface area (Å²) in [6, 6.07) is 22.2. The summed E-state index contributed by atoms with van der Waals surface area (Å²) in [6.45, 7) is 0.803. The van der Waals surface area contributed by atoms with E-state index in [1.54, 1.807) is 43.5 Å². The van der Waals surface area contributed by atoms with Crippen LogP contribution >= 0.6 is 0 Å². The van der Waals surface area contributed by atoms with Gasteiger partial charge in [0.05, 0.1) is 47.6 Å². The van der Waals surface area contributed by atoms with Gasteiger partial charge in [-0.05, 0) is 48.0 Å². The molecule has 1 fully saturated rings. The number of fused-ring (bicyclic) bond motifs is 1. The Bertz CT molecular complexity index is 2140. The third-order valence-corrected chi connectivity index (χ3v) is 8.30. The fourth-order valence-corrected chi connectivity index (χ4v) is 5.65. The molecular weight excluding hydrogens is 633 g/mol. The quantitative estimate of drug-likeness (QED) is 0.116. The molecule has 2 aromatic heterocycles. The van der Waals surface area contributed by atoms with Gasteiger partial charge in [0, 0.05) is 61.6 Å². The van der Waals surface area contributed by atoms with Crippen LogP contribution in [0.3, 0.4) is 0 Å². The molecule has 0 atom stereocenters. The first-order chi connectivity index (χ1) is 23.7. The number of methoxy groups -OCH3 is 2. The van der Waals surface area contributed by atoms with E-state index in [0.29, 0.717) is 47.7 Å². The van der Waals surface area contributed by atoms with Gasteiger partial charge in [-0.25, -0.2) is 27.9 Å². The molecule has 1 aliphatic carbocycles. The second kappa shape index (κ2) is 14.2. The lowest BCUT2D eigenvalue weighted by molar-refractivity contribution is -0.0936. The maximum absolute atomic E-state index is 14.4. The van der Waals surface area contributed by atoms with Gasteiger partial charge in [-0.15, -0.1) is 0 Å². The molecule has 0 spiro atoms. The predicted octanol–water partition coefficient (Wildman–Crippen LogP) is 7.11. The van der Waals surface area contributed by atoms with Crippen molar-refractivity contribution in [1.82, 2.24) is 14.5 Å². The van der Waals surface area contributed by atoms with Crippen molar-refractivity contribution in [3.8, 4) is 35.0 Å². The number of nitriles is 1. The number of pyridine rings is 1. The predicted molar refractivity (Wildman–Crippen MR) is 175 cm³/mol. The number of aromatic nitrogens is 3. The summed E-state index contributed by atoms with van der Waals surface area (Å²) in [5, 5.41) is 8.99. The molecule has 0 radical (unpaired) electrons. The lowest BCUT2D eigenvalue weighted by atomic mass is 9.82. The average molecular weight is 665 g/mol. The minimum absolute atomic E-state index is 0.0825. The van der Waals surface area contributed by atoms with Crippen LogP contribution in [0.25, 0.3) is 22.3 Å². The molecule has 0 amide bonds. The van der Waals surface area contributed by atoms with E-state index in [4.69, 9.17) is 24.5 Å². The molecule has 248 valence electrons. The summed E-state index contributed by atoms with van der Waals surface area (Å²) in [5.41, 5.74) is 5.10. The molecule has 3 aromatic carbocycles. The van der Waals surface area contributed by atoms with Crippen molar-refractivity contribution in [2.45, 2.75) is 38.3 Å². The molecular formula is C38H31F3N4O4. The number of alkyl halides is 2. The van der Waals surface area contributed by atoms with E-state index in [0.717, 1.165) is 22.7 Å². The summed E-state index contributed by atoms with van der Waals surface area (Å²) >= 11 is 0. The normalized spacial score (nSPS) is 13.6. The van der Waals surface area contributed by atoms with Gasteiger partial charge >= 0.3 is 5.97 Å². The largest absolute Gasteiger partial charge is 0.473 e. The first kappa shape index (κ1) is 33.3. The molecule has 1 saturated carbocycles. The number of carbonyl (C=O) groups is 1. The Labute approximate surface area is 281 Å². The highest BCUT2D eigenvalue weighted by molar-refractivity contribution is 5.93. The van der Waals surface area contributed by atoms with E-state index in [1.807, 2.05) is 28.8 Å². The van der Waals surface area contributed by atoms with Crippen molar-refractivity contribution in [2.75, 3.05) is 20.8 Å². The molecule has 5 aromatic rings. The van der Waals surface area contributed by atoms with Gasteiger partial charge in [-0.2, -0.15) is 5.26 Å². The first-order valence-electron chi connectivity index (χ1n) is 15.5. The van der Waals surface area contributed by atoms with Gasteiger partial charge in [0.15, 0.2) is 0 Å². The number of esters is 1. The summed E-state index contributed by atoms with van der Waals surface area (Å²) in [6.07, 6.45) is -0.180. The van der Waals surface area contributed by atoms with Crippen LogP contribution in [0.15, 0.2) is 72.8 Å². The van der Waals surface area contributed by atoms with Gasteiger partial charge in [0.2, 0.25) is 5.88 Å². The Kier molecular flexibility index (Phi) is 9.65. The van der Waals surface area contributed by atoms with Crippen molar-refractivity contribution in [2.24, 2.45) is 5.92 Å². The zero-order valence-corrected chi connectivity index (χ0v) is 26.8. The lowest BCUT2D eigenvalue weighted by Gasteiger charge is -2.31. The third-order valence-electron chi connectivity index (χ3n) is 8.30. The van der Waals surface area contributed by atoms with Gasteiger partial charge in [-0.3, -0.25) is 0 Å². The number of carbonyl (C=O) groups excluding carboxylic acids is 1. The average Bonchev–Trinajstić information content (AvgIpc) is 3.44. The Hall–Kier alpha value is -5.65. The highest BCUT2D eigenvalue weighted by Gasteiger charge is 2.44. The van der Waals surface area contributed by atoms with Crippen LogP contribution in [0, 0.1) is 34.9 Å². The molecule has 0 N–H and O–H groups in total. The summed E-state index contributed by atoms with van der Waals surface area (Å²) in [7, 11) is 2.93. The first-order valence-corrected chi connectivity index (χ1v) is 15.5. The van der Waals surface area contributed by atoms with E-state index in [-0.39, 0.29) is 36.5 Å². The number of halogens is 3. The molecule has 0 unspecified atom stereocenters. The van der Waals surface area contributed by atoms with Crippen LogP contribution < -0.4 is 4.74 Å². The molecule has 0 saturated heterocycles. The van der Waals surface area contributed by atoms with Gasteiger partial charge in [-0.1, -0.05) is 36.1 Å². The summed E-state index contributed by atoms with van der Waals surface area (Å²) in [4.78, 5) is 21.7. The molecule has 11 heteroatoms. The van der Waals surface area contributed by atoms with E-state index >= 15 is 0 Å². The molecule has 6 rings (SSSR count). The van der Waals surface area contributed by atoms with E-state index in [9.17, 15) is 18.0 Å². The highest BCUT2D eigenvalue weighted by atomic mass is 19.3. The van der Waals surface area contributed by atoms with Crippen molar-refractivity contribution in [1.29, 1.82) is 5.26 Å². The number of ether oxygens (including phenoxy) is 3. The molecule has 0 aliphatic heterocycles. The Morgan fingerprint density at radius 2 is 1.84 bits per heavy atom. The molecule has 8 nitrogen and oxygen atoms in total. The lowest BCUT2D eigenvalue weighted by Crippen LogP contribution is -2.34. The van der Waals surface area contributed by atoms with Crippen molar-refractivity contribution in [3.05, 3.63) is 112 Å².